The van der Waals surface area contributed by atoms with Gasteiger partial charge in [-0.05, 0) is 37.3 Å². The number of hydrogen-bond donors (Lipinski definition) is 0. The van der Waals surface area contributed by atoms with E-state index in [9.17, 15) is 0 Å². The van der Waals surface area contributed by atoms with Gasteiger partial charge in [0.25, 0.3) is 0 Å². The molecule has 0 aliphatic heterocycles. The van der Waals surface area contributed by atoms with E-state index in [1.165, 1.54) is 22.2 Å². The van der Waals surface area contributed by atoms with Gasteiger partial charge in [0.05, 0.1) is 11.2 Å². The second kappa shape index (κ2) is 4.99. The van der Waals surface area contributed by atoms with Crippen molar-refractivity contribution < 1.29 is 0 Å². The first-order valence-electron chi connectivity index (χ1n) is 7.36. The van der Waals surface area contributed by atoms with Crippen molar-refractivity contribution in [3.8, 4) is 0 Å². The lowest BCUT2D eigenvalue weighted by atomic mass is 9.86. The van der Waals surface area contributed by atoms with Gasteiger partial charge in [-0.15, -0.1) is 0 Å². The molecule has 2 rings (SSSR count). The van der Waals surface area contributed by atoms with Crippen LogP contribution < -0.4 is 0 Å². The van der Waals surface area contributed by atoms with Gasteiger partial charge in [-0.1, -0.05) is 46.2 Å². The van der Waals surface area contributed by atoms with E-state index < -0.39 is 0 Å². The molecule has 0 aliphatic rings. The lowest BCUT2D eigenvalue weighted by Gasteiger charge is -2.19. The lowest BCUT2D eigenvalue weighted by Crippen LogP contribution is -2.11. The van der Waals surface area contributed by atoms with Crippen molar-refractivity contribution in [3.05, 3.63) is 29.5 Å². The van der Waals surface area contributed by atoms with Gasteiger partial charge in [0.1, 0.15) is 0 Å². The van der Waals surface area contributed by atoms with E-state index in [-0.39, 0.29) is 5.41 Å². The second-order valence-corrected chi connectivity index (χ2v) is 6.72. The molecule has 2 aromatic rings. The van der Waals surface area contributed by atoms with Crippen molar-refractivity contribution in [1.29, 1.82) is 0 Å². The molecule has 0 radical (unpaired) electrons. The van der Waals surface area contributed by atoms with Crippen LogP contribution in [0.3, 0.4) is 0 Å². The molecule has 19 heavy (non-hydrogen) atoms. The maximum atomic E-state index is 4.82. The summed E-state index contributed by atoms with van der Waals surface area (Å²) in [5.41, 5.74) is 4.09. The number of aromatic nitrogens is 2. The monoisotopic (exact) mass is 258 g/mol. The molecule has 0 spiro atoms. The molecule has 0 fully saturated rings. The highest BCUT2D eigenvalue weighted by molar-refractivity contribution is 5.83. The van der Waals surface area contributed by atoms with E-state index in [1.54, 1.807) is 0 Å². The molecule has 1 heterocycles. The predicted molar refractivity (Wildman–Crippen MR) is 82.8 cm³/mol. The summed E-state index contributed by atoms with van der Waals surface area (Å²) in [6.45, 7) is 13.4. The zero-order valence-electron chi connectivity index (χ0n) is 13.1. The molecule has 0 saturated carbocycles. The Hall–Kier alpha value is -1.31. The average Bonchev–Trinajstić information content (AvgIpc) is 2.67. The Morgan fingerprint density at radius 1 is 1.21 bits per heavy atom. The third-order valence-corrected chi connectivity index (χ3v) is 3.63. The molecule has 2 heteroatoms. The Bertz CT molecular complexity index is 571. The van der Waals surface area contributed by atoms with Gasteiger partial charge in [0.15, 0.2) is 0 Å². The molecule has 0 amide bonds. The number of aryl methyl sites for hydroxylation is 1. The topological polar surface area (TPSA) is 17.8 Å². The third-order valence-electron chi connectivity index (χ3n) is 3.63. The normalized spacial score (nSPS) is 12.6. The minimum Gasteiger partial charge on any atom is -0.262 e. The van der Waals surface area contributed by atoms with Crippen LogP contribution in [-0.4, -0.2) is 9.78 Å². The molecule has 0 unspecified atom stereocenters. The number of hydrogen-bond acceptors (Lipinski definition) is 1. The highest BCUT2D eigenvalue weighted by Gasteiger charge is 2.17. The van der Waals surface area contributed by atoms with Crippen molar-refractivity contribution in [2.24, 2.45) is 0 Å². The van der Waals surface area contributed by atoms with E-state index >= 15 is 0 Å². The number of fused-ring (bicyclic) bond motifs is 1. The maximum Gasteiger partial charge on any atom is 0.0703 e. The molecular weight excluding hydrogens is 232 g/mol. The molecule has 104 valence electrons. The molecule has 0 N–H and O–H groups in total. The summed E-state index contributed by atoms with van der Waals surface area (Å²) < 4.78 is 2.18. The van der Waals surface area contributed by atoms with Gasteiger partial charge >= 0.3 is 0 Å². The van der Waals surface area contributed by atoms with Crippen molar-refractivity contribution in [2.45, 2.75) is 65.8 Å². The lowest BCUT2D eigenvalue weighted by molar-refractivity contribution is 0.541. The van der Waals surface area contributed by atoms with Gasteiger partial charge in [0, 0.05) is 11.4 Å². The van der Waals surface area contributed by atoms with Crippen molar-refractivity contribution in [3.63, 3.8) is 0 Å². The van der Waals surface area contributed by atoms with Crippen LogP contribution in [0.25, 0.3) is 10.9 Å². The smallest absolute Gasteiger partial charge is 0.0703 e. The molecule has 1 aromatic carbocycles. The fourth-order valence-corrected chi connectivity index (χ4v) is 2.48. The summed E-state index contributed by atoms with van der Waals surface area (Å²) in [5.74, 6) is 0. The van der Waals surface area contributed by atoms with Crippen LogP contribution in [0.2, 0.25) is 0 Å². The van der Waals surface area contributed by atoms with Crippen LogP contribution in [0.15, 0.2) is 18.2 Å². The predicted octanol–water partition coefficient (Wildman–Crippen LogP) is 4.87. The third kappa shape index (κ3) is 2.68. The summed E-state index contributed by atoms with van der Waals surface area (Å²) >= 11 is 0. The van der Waals surface area contributed by atoms with Crippen LogP contribution in [-0.2, 0) is 11.8 Å². The standard InChI is InChI=1S/C17H26N2/c1-7-8-15-14-10-9-13(17(4,5)6)11-16(14)19(18-15)12(2)3/h9-12H,7-8H2,1-6H3. The number of nitrogens with zero attached hydrogens (tertiary/aromatic N) is 2. The summed E-state index contributed by atoms with van der Waals surface area (Å²) in [6, 6.07) is 7.24. The van der Waals surface area contributed by atoms with Crippen molar-refractivity contribution in [2.75, 3.05) is 0 Å². The quantitative estimate of drug-likeness (QED) is 0.768. The zero-order valence-corrected chi connectivity index (χ0v) is 13.1. The first-order valence-corrected chi connectivity index (χ1v) is 7.36. The molecule has 0 saturated heterocycles. The second-order valence-electron chi connectivity index (χ2n) is 6.72. The molecule has 0 aliphatic carbocycles. The first-order chi connectivity index (χ1) is 8.84. The average molecular weight is 258 g/mol. The summed E-state index contributed by atoms with van der Waals surface area (Å²) in [6.07, 6.45) is 2.20. The maximum absolute atomic E-state index is 4.82. The van der Waals surface area contributed by atoms with Gasteiger partial charge < -0.3 is 0 Å². The summed E-state index contributed by atoms with van der Waals surface area (Å²) in [5, 5.41) is 6.14. The van der Waals surface area contributed by atoms with E-state index in [0.29, 0.717) is 6.04 Å². The van der Waals surface area contributed by atoms with Crippen molar-refractivity contribution in [1.82, 2.24) is 9.78 Å². The van der Waals surface area contributed by atoms with Gasteiger partial charge in [-0.25, -0.2) is 0 Å². The molecular formula is C17H26N2. The summed E-state index contributed by atoms with van der Waals surface area (Å²) in [4.78, 5) is 0. The van der Waals surface area contributed by atoms with Gasteiger partial charge in [0.2, 0.25) is 0 Å². The number of benzene rings is 1. The van der Waals surface area contributed by atoms with Crippen LogP contribution in [0.4, 0.5) is 0 Å². The van der Waals surface area contributed by atoms with Crippen LogP contribution in [0.5, 0.6) is 0 Å². The van der Waals surface area contributed by atoms with E-state index in [0.717, 1.165) is 12.8 Å². The first kappa shape index (κ1) is 14.1. The highest BCUT2D eigenvalue weighted by Crippen LogP contribution is 2.29. The van der Waals surface area contributed by atoms with E-state index in [4.69, 9.17) is 5.10 Å². The summed E-state index contributed by atoms with van der Waals surface area (Å²) in [7, 11) is 0. The fourth-order valence-electron chi connectivity index (χ4n) is 2.48. The van der Waals surface area contributed by atoms with E-state index in [1.807, 2.05) is 0 Å². The Morgan fingerprint density at radius 2 is 1.89 bits per heavy atom. The molecule has 1 aromatic heterocycles. The van der Waals surface area contributed by atoms with Gasteiger partial charge in [-0.2, -0.15) is 5.10 Å². The van der Waals surface area contributed by atoms with Crippen molar-refractivity contribution >= 4 is 10.9 Å². The van der Waals surface area contributed by atoms with Crippen LogP contribution in [0.1, 0.15) is 65.3 Å². The van der Waals surface area contributed by atoms with E-state index in [2.05, 4.69) is 64.4 Å². The van der Waals surface area contributed by atoms with Crippen LogP contribution in [0, 0.1) is 0 Å². The van der Waals surface area contributed by atoms with Gasteiger partial charge in [-0.3, -0.25) is 4.68 Å². The Labute approximate surface area is 116 Å². The minimum absolute atomic E-state index is 0.186. The van der Waals surface area contributed by atoms with Crippen LogP contribution >= 0.6 is 0 Å². The molecule has 0 atom stereocenters. The zero-order chi connectivity index (χ0) is 14.2. The Balaban J connectivity index is 2.66. The fraction of sp³-hybridized carbons (Fsp3) is 0.588. The number of rotatable bonds is 3. The molecule has 2 nitrogen and oxygen atoms in total. The largest absolute Gasteiger partial charge is 0.262 e. The highest BCUT2D eigenvalue weighted by atomic mass is 15.3. The SMILES string of the molecule is CCCc1nn(C(C)C)c2cc(C(C)(C)C)ccc12. The Kier molecular flexibility index (Phi) is 3.71. The Morgan fingerprint density at radius 3 is 2.42 bits per heavy atom. The minimum atomic E-state index is 0.186. The molecule has 0 bridgehead atoms.